The highest BCUT2D eigenvalue weighted by Crippen LogP contribution is 2.42. The van der Waals surface area contributed by atoms with E-state index in [1.165, 1.54) is 5.01 Å². The Labute approximate surface area is 207 Å². The van der Waals surface area contributed by atoms with Crippen molar-refractivity contribution in [2.45, 2.75) is 13.3 Å². The summed E-state index contributed by atoms with van der Waals surface area (Å²) in [5.74, 6) is -2.25. The van der Waals surface area contributed by atoms with Gasteiger partial charge in [0.2, 0.25) is 0 Å². The van der Waals surface area contributed by atoms with Gasteiger partial charge in [-0.25, -0.2) is 4.90 Å². The molecule has 7 nitrogen and oxygen atoms in total. The zero-order chi connectivity index (χ0) is 24.8. The van der Waals surface area contributed by atoms with Crippen molar-refractivity contribution in [1.82, 2.24) is 4.98 Å². The van der Waals surface area contributed by atoms with E-state index < -0.39 is 17.7 Å². The van der Waals surface area contributed by atoms with E-state index in [9.17, 15) is 14.4 Å². The number of para-hydroxylation sites is 3. The predicted molar refractivity (Wildman–Crippen MR) is 139 cm³/mol. The second-order valence-corrected chi connectivity index (χ2v) is 8.68. The molecule has 0 saturated carbocycles. The molecule has 0 unspecified atom stereocenters. The largest absolute Gasteiger partial charge is 0.361 e. The van der Waals surface area contributed by atoms with Crippen molar-refractivity contribution < 1.29 is 14.4 Å². The van der Waals surface area contributed by atoms with Gasteiger partial charge in [0.25, 0.3) is 17.7 Å². The lowest BCUT2D eigenvalue weighted by molar-refractivity contribution is -0.123. The van der Waals surface area contributed by atoms with E-state index >= 15 is 0 Å². The lowest BCUT2D eigenvalue weighted by atomic mass is 9.87. The number of aromatic amines is 1. The Balaban J connectivity index is 1.56. The Morgan fingerprint density at radius 2 is 1.44 bits per heavy atom. The minimum absolute atomic E-state index is 0.164. The normalized spacial score (nSPS) is 18.1. The van der Waals surface area contributed by atoms with Crippen LogP contribution < -0.4 is 9.91 Å². The van der Waals surface area contributed by atoms with Crippen LogP contribution in [0.3, 0.4) is 0 Å². The van der Waals surface area contributed by atoms with Crippen molar-refractivity contribution in [3.8, 4) is 0 Å². The summed E-state index contributed by atoms with van der Waals surface area (Å²) in [6, 6.07) is 25.5. The maximum atomic E-state index is 14.0. The Morgan fingerprint density at radius 3 is 2.14 bits per heavy atom. The maximum Gasteiger partial charge on any atom is 0.266 e. The third-order valence-corrected chi connectivity index (χ3v) is 6.66. The van der Waals surface area contributed by atoms with E-state index in [0.717, 1.165) is 15.8 Å². The zero-order valence-electron chi connectivity index (χ0n) is 19.5. The van der Waals surface area contributed by atoms with Gasteiger partial charge in [-0.2, -0.15) is 10.1 Å². The molecular weight excluding hydrogens is 452 g/mol. The van der Waals surface area contributed by atoms with Crippen LogP contribution in [0.25, 0.3) is 16.5 Å². The molecule has 1 aromatic heterocycles. The number of hydrazone groups is 1. The SMILES string of the molecule is CCC1=NN(c2ccccc2)C(=O)[C@@H]1C1=C(c2c[nH]c3ccccc23)C(=O)N(c2ccccc2)C1=O. The molecule has 0 bridgehead atoms. The van der Waals surface area contributed by atoms with Crippen LogP contribution in [0, 0.1) is 5.92 Å². The van der Waals surface area contributed by atoms with Crippen LogP contribution in [0.2, 0.25) is 0 Å². The fraction of sp³-hybridized carbons (Fsp3) is 0.103. The van der Waals surface area contributed by atoms with Crippen molar-refractivity contribution in [3.05, 3.63) is 102 Å². The summed E-state index contributed by atoms with van der Waals surface area (Å²) in [7, 11) is 0. The van der Waals surface area contributed by atoms with Gasteiger partial charge < -0.3 is 4.98 Å². The smallest absolute Gasteiger partial charge is 0.266 e. The molecule has 4 aromatic rings. The molecule has 0 spiro atoms. The van der Waals surface area contributed by atoms with Crippen molar-refractivity contribution >= 4 is 51.3 Å². The Bertz CT molecular complexity index is 1580. The minimum atomic E-state index is -0.955. The average molecular weight is 475 g/mol. The summed E-state index contributed by atoms with van der Waals surface area (Å²) in [5.41, 5.74) is 3.45. The number of imide groups is 1. The molecule has 2 aliphatic rings. The quantitative estimate of drug-likeness (QED) is 0.417. The van der Waals surface area contributed by atoms with Crippen LogP contribution in [-0.2, 0) is 14.4 Å². The first-order valence-electron chi connectivity index (χ1n) is 11.8. The second-order valence-electron chi connectivity index (χ2n) is 8.68. The fourth-order valence-electron chi connectivity index (χ4n) is 4.98. The highest BCUT2D eigenvalue weighted by Gasteiger charge is 2.50. The molecule has 3 aromatic carbocycles. The number of nitrogens with zero attached hydrogens (tertiary/aromatic N) is 3. The standard InChI is InChI=1S/C29H22N4O3/c1-2-22-25(29(36)33(31-22)19-13-7-4-8-14-19)26-24(21-17-30-23-16-10-9-15-20(21)23)27(34)32(28(26)35)18-11-5-3-6-12-18/h3-17,25,30H,2H2,1H3/t25-/m0/s1. The van der Waals surface area contributed by atoms with Crippen molar-refractivity contribution in [2.24, 2.45) is 11.0 Å². The first-order chi connectivity index (χ1) is 17.6. The van der Waals surface area contributed by atoms with Gasteiger partial charge in [-0.3, -0.25) is 14.4 Å². The maximum absolute atomic E-state index is 14.0. The van der Waals surface area contributed by atoms with Crippen molar-refractivity contribution in [3.63, 3.8) is 0 Å². The van der Waals surface area contributed by atoms with E-state index in [2.05, 4.69) is 10.1 Å². The van der Waals surface area contributed by atoms with E-state index in [0.29, 0.717) is 29.1 Å². The van der Waals surface area contributed by atoms with Gasteiger partial charge in [-0.1, -0.05) is 61.5 Å². The first kappa shape index (κ1) is 21.7. The molecule has 6 rings (SSSR count). The summed E-state index contributed by atoms with van der Waals surface area (Å²) in [5, 5.41) is 6.74. The topological polar surface area (TPSA) is 85.8 Å². The van der Waals surface area contributed by atoms with Gasteiger partial charge in [0.05, 0.1) is 22.7 Å². The number of rotatable bonds is 5. The molecular formula is C29H22N4O3. The summed E-state index contributed by atoms with van der Waals surface area (Å²) >= 11 is 0. The van der Waals surface area contributed by atoms with E-state index in [1.807, 2.05) is 55.5 Å². The monoisotopic (exact) mass is 474 g/mol. The number of carbonyl (C=O) groups excluding carboxylic acids is 3. The highest BCUT2D eigenvalue weighted by molar-refractivity contribution is 6.48. The molecule has 0 radical (unpaired) electrons. The molecule has 0 fully saturated rings. The molecule has 3 amide bonds. The fourth-order valence-corrected chi connectivity index (χ4v) is 4.98. The lowest BCUT2D eigenvalue weighted by Gasteiger charge is -2.17. The lowest BCUT2D eigenvalue weighted by Crippen LogP contribution is -2.35. The van der Waals surface area contributed by atoms with E-state index in [-0.39, 0.29) is 17.1 Å². The number of benzene rings is 3. The number of H-pyrrole nitrogens is 1. The van der Waals surface area contributed by atoms with Gasteiger partial charge in [-0.15, -0.1) is 0 Å². The zero-order valence-corrected chi connectivity index (χ0v) is 19.5. The van der Waals surface area contributed by atoms with Crippen LogP contribution in [0.4, 0.5) is 11.4 Å². The Hall–Kier alpha value is -4.78. The van der Waals surface area contributed by atoms with Gasteiger partial charge in [0.15, 0.2) is 0 Å². The molecule has 0 saturated heterocycles. The molecule has 2 aliphatic heterocycles. The molecule has 0 aliphatic carbocycles. The van der Waals surface area contributed by atoms with E-state index in [4.69, 9.17) is 0 Å². The molecule has 176 valence electrons. The van der Waals surface area contributed by atoms with Crippen LogP contribution in [0.15, 0.2) is 102 Å². The predicted octanol–water partition coefficient (Wildman–Crippen LogP) is 4.92. The first-order valence-corrected chi connectivity index (χ1v) is 11.8. The number of hydrogen-bond donors (Lipinski definition) is 1. The van der Waals surface area contributed by atoms with Crippen molar-refractivity contribution in [2.75, 3.05) is 9.91 Å². The van der Waals surface area contributed by atoms with Crippen LogP contribution in [-0.4, -0.2) is 28.4 Å². The summed E-state index contributed by atoms with van der Waals surface area (Å²) in [6.07, 6.45) is 2.19. The Morgan fingerprint density at radius 1 is 0.806 bits per heavy atom. The summed E-state index contributed by atoms with van der Waals surface area (Å²) < 4.78 is 0. The molecule has 1 atom stereocenters. The molecule has 1 N–H and O–H groups in total. The number of amides is 3. The second kappa shape index (κ2) is 8.46. The average Bonchev–Trinajstić information content (AvgIpc) is 3.56. The van der Waals surface area contributed by atoms with Crippen LogP contribution >= 0.6 is 0 Å². The number of fused-ring (bicyclic) bond motifs is 1. The number of carbonyl (C=O) groups is 3. The van der Waals surface area contributed by atoms with Crippen molar-refractivity contribution in [1.29, 1.82) is 0 Å². The Kier molecular flexibility index (Phi) is 5.11. The number of aromatic nitrogens is 1. The third kappa shape index (κ3) is 3.20. The summed E-state index contributed by atoms with van der Waals surface area (Å²) in [4.78, 5) is 46.1. The molecule has 36 heavy (non-hydrogen) atoms. The van der Waals surface area contributed by atoms with Gasteiger partial charge in [0, 0.05) is 28.2 Å². The van der Waals surface area contributed by atoms with E-state index in [1.54, 1.807) is 42.6 Å². The minimum Gasteiger partial charge on any atom is -0.361 e. The number of hydrogen-bond acceptors (Lipinski definition) is 4. The third-order valence-electron chi connectivity index (χ3n) is 6.66. The molecule has 7 heteroatoms. The van der Waals surface area contributed by atoms with Gasteiger partial charge in [-0.05, 0) is 36.8 Å². The van der Waals surface area contributed by atoms with Gasteiger partial charge in [0.1, 0.15) is 5.92 Å². The molecule has 3 heterocycles. The summed E-state index contributed by atoms with van der Waals surface area (Å²) in [6.45, 7) is 1.90. The van der Waals surface area contributed by atoms with Crippen LogP contribution in [0.1, 0.15) is 18.9 Å². The van der Waals surface area contributed by atoms with Gasteiger partial charge >= 0.3 is 0 Å². The number of anilines is 2. The van der Waals surface area contributed by atoms with Crippen LogP contribution in [0.5, 0.6) is 0 Å². The highest BCUT2D eigenvalue weighted by atomic mass is 16.2. The number of nitrogens with one attached hydrogen (secondary N) is 1.